The van der Waals surface area contributed by atoms with Gasteiger partial charge in [-0.3, -0.25) is 14.8 Å². The first kappa shape index (κ1) is 18.7. The molecule has 2 N–H and O–H groups in total. The molecule has 0 spiro atoms. The average molecular weight is 374 g/mol. The van der Waals surface area contributed by atoms with Gasteiger partial charge in [0.15, 0.2) is 6.10 Å². The van der Waals surface area contributed by atoms with Crippen LogP contribution in [0.5, 0.6) is 0 Å². The average Bonchev–Trinajstić information content (AvgIpc) is 3.37. The molecule has 2 aromatic rings. The largest absolute Gasteiger partial charge is 0.452 e. The lowest BCUT2D eigenvalue weighted by atomic mass is 10.2. The summed E-state index contributed by atoms with van der Waals surface area (Å²) in [5, 5.41) is 8.98. The number of amides is 3. The molecule has 27 heavy (non-hydrogen) atoms. The van der Waals surface area contributed by atoms with Crippen LogP contribution in [-0.2, 0) is 16.1 Å². The summed E-state index contributed by atoms with van der Waals surface area (Å²) in [6.45, 7) is 1.77. The molecule has 3 amide bonds. The number of urea groups is 1. The lowest BCUT2D eigenvalue weighted by molar-refractivity contribution is -0.128. The molecule has 9 nitrogen and oxygen atoms in total. The fourth-order valence-electron chi connectivity index (χ4n) is 2.90. The normalized spacial score (nSPS) is 15.3. The second kappa shape index (κ2) is 8.52. The van der Waals surface area contributed by atoms with E-state index in [0.717, 1.165) is 25.7 Å². The van der Waals surface area contributed by atoms with Gasteiger partial charge in [-0.05, 0) is 38.0 Å². The highest BCUT2D eigenvalue weighted by molar-refractivity contribution is 5.98. The monoisotopic (exact) mass is 374 g/mol. The molecule has 1 fully saturated rings. The van der Waals surface area contributed by atoms with Crippen molar-refractivity contribution in [2.75, 3.05) is 0 Å². The van der Waals surface area contributed by atoms with Crippen LogP contribution in [0.1, 0.15) is 48.9 Å². The first-order valence-corrected chi connectivity index (χ1v) is 8.90. The molecule has 1 aliphatic rings. The number of carbonyl (C=O) groups excluding carboxylic acids is 3. The van der Waals surface area contributed by atoms with Gasteiger partial charge in [-0.2, -0.15) is 5.10 Å². The van der Waals surface area contributed by atoms with Gasteiger partial charge >= 0.3 is 12.0 Å². The third kappa shape index (κ3) is 5.19. The first-order valence-electron chi connectivity index (χ1n) is 8.90. The van der Waals surface area contributed by atoms with Crippen LogP contribution >= 0.6 is 0 Å². The molecular formula is C18H22N4O5. The third-order valence-corrected chi connectivity index (χ3v) is 4.32. The summed E-state index contributed by atoms with van der Waals surface area (Å²) in [6, 6.07) is 4.40. The summed E-state index contributed by atoms with van der Waals surface area (Å²) >= 11 is 0. The zero-order valence-corrected chi connectivity index (χ0v) is 15.0. The maximum absolute atomic E-state index is 12.1. The van der Waals surface area contributed by atoms with Gasteiger partial charge in [0, 0.05) is 18.4 Å². The lowest BCUT2D eigenvalue weighted by Crippen LogP contribution is -2.47. The van der Waals surface area contributed by atoms with Crippen molar-refractivity contribution in [3.8, 4) is 0 Å². The molecule has 0 bridgehead atoms. The van der Waals surface area contributed by atoms with Crippen LogP contribution in [0, 0.1) is 0 Å². The van der Waals surface area contributed by atoms with Crippen LogP contribution in [-0.4, -0.2) is 39.8 Å². The molecule has 1 unspecified atom stereocenters. The Bertz CT molecular complexity index is 793. The van der Waals surface area contributed by atoms with Crippen LogP contribution in [0.25, 0.3) is 0 Å². The number of ether oxygens (including phenoxy) is 1. The number of rotatable bonds is 6. The van der Waals surface area contributed by atoms with E-state index in [1.54, 1.807) is 29.2 Å². The summed E-state index contributed by atoms with van der Waals surface area (Å²) in [6.07, 6.45) is 6.23. The van der Waals surface area contributed by atoms with E-state index in [1.807, 2.05) is 0 Å². The van der Waals surface area contributed by atoms with Crippen LogP contribution in [0.2, 0.25) is 0 Å². The number of nitrogens with one attached hydrogen (secondary N) is 2. The van der Waals surface area contributed by atoms with Crippen LogP contribution < -0.4 is 10.6 Å². The molecule has 2 aromatic heterocycles. The lowest BCUT2D eigenvalue weighted by Gasteiger charge is -2.15. The van der Waals surface area contributed by atoms with Gasteiger partial charge in [0.1, 0.15) is 5.76 Å². The van der Waals surface area contributed by atoms with E-state index in [9.17, 15) is 14.4 Å². The standard InChI is InChI=1S/C18H22N4O5/c1-12(16(23)21-18(25)20-13-5-2-3-6-13)26-17(24)15-8-7-14(27-15)11-22-10-4-9-19-22/h4,7-10,12-13H,2-3,5-6,11H2,1H3,(H2,20,21,23,25). The number of imide groups is 1. The van der Waals surface area contributed by atoms with Gasteiger partial charge in [-0.15, -0.1) is 0 Å². The molecule has 1 saturated carbocycles. The second-order valence-corrected chi connectivity index (χ2v) is 6.46. The molecule has 0 radical (unpaired) electrons. The van der Waals surface area contributed by atoms with E-state index in [2.05, 4.69) is 15.7 Å². The molecule has 0 saturated heterocycles. The Morgan fingerprint density at radius 3 is 2.81 bits per heavy atom. The SMILES string of the molecule is CC(OC(=O)c1ccc(Cn2cccn2)o1)C(=O)NC(=O)NC1CCCC1. The Morgan fingerprint density at radius 2 is 2.11 bits per heavy atom. The van der Waals surface area contributed by atoms with E-state index in [0.29, 0.717) is 12.3 Å². The van der Waals surface area contributed by atoms with Gasteiger partial charge in [0.2, 0.25) is 5.76 Å². The van der Waals surface area contributed by atoms with Gasteiger partial charge in [0.05, 0.1) is 6.54 Å². The Kier molecular flexibility index (Phi) is 5.90. The summed E-state index contributed by atoms with van der Waals surface area (Å²) < 4.78 is 12.1. The molecule has 9 heteroatoms. The first-order chi connectivity index (χ1) is 13.0. The fraction of sp³-hybridized carbons (Fsp3) is 0.444. The fourth-order valence-corrected chi connectivity index (χ4v) is 2.90. The Labute approximate surface area is 156 Å². The number of aromatic nitrogens is 2. The number of nitrogens with zero attached hydrogens (tertiary/aromatic N) is 2. The van der Waals surface area contributed by atoms with Crippen molar-refractivity contribution in [2.24, 2.45) is 0 Å². The predicted octanol–water partition coefficient (Wildman–Crippen LogP) is 1.84. The Hall–Kier alpha value is -3.10. The van der Waals surface area contributed by atoms with Crippen LogP contribution in [0.4, 0.5) is 4.79 Å². The van der Waals surface area contributed by atoms with Gasteiger partial charge < -0.3 is 14.5 Å². The minimum absolute atomic E-state index is 0.0211. The molecule has 144 valence electrons. The smallest absolute Gasteiger partial charge is 0.375 e. The highest BCUT2D eigenvalue weighted by atomic mass is 16.6. The number of hydrogen-bond donors (Lipinski definition) is 2. The molecule has 1 atom stereocenters. The van der Waals surface area contributed by atoms with Gasteiger partial charge in [0.25, 0.3) is 5.91 Å². The van der Waals surface area contributed by atoms with E-state index < -0.39 is 24.0 Å². The van der Waals surface area contributed by atoms with Crippen molar-refractivity contribution in [3.05, 3.63) is 42.1 Å². The maximum atomic E-state index is 12.1. The third-order valence-electron chi connectivity index (χ3n) is 4.32. The minimum atomic E-state index is -1.13. The quantitative estimate of drug-likeness (QED) is 0.746. The zero-order chi connectivity index (χ0) is 19.2. The van der Waals surface area contributed by atoms with Crippen LogP contribution in [0.15, 0.2) is 35.0 Å². The van der Waals surface area contributed by atoms with Crippen molar-refractivity contribution in [2.45, 2.75) is 51.3 Å². The summed E-state index contributed by atoms with van der Waals surface area (Å²) in [4.78, 5) is 36.0. The molecule has 0 aromatic carbocycles. The highest BCUT2D eigenvalue weighted by Crippen LogP contribution is 2.17. The van der Waals surface area contributed by atoms with Crippen molar-refractivity contribution < 1.29 is 23.5 Å². The molecule has 0 aliphatic heterocycles. The zero-order valence-electron chi connectivity index (χ0n) is 15.0. The van der Waals surface area contributed by atoms with E-state index in [-0.39, 0.29) is 11.8 Å². The van der Waals surface area contributed by atoms with Crippen LogP contribution in [0.3, 0.4) is 0 Å². The molecule has 1 aliphatic carbocycles. The van der Waals surface area contributed by atoms with Crippen molar-refractivity contribution in [1.29, 1.82) is 0 Å². The van der Waals surface area contributed by atoms with Gasteiger partial charge in [-0.1, -0.05) is 12.8 Å². The number of furan rings is 1. The highest BCUT2D eigenvalue weighted by Gasteiger charge is 2.24. The van der Waals surface area contributed by atoms with Gasteiger partial charge in [-0.25, -0.2) is 9.59 Å². The number of esters is 1. The second-order valence-electron chi connectivity index (χ2n) is 6.46. The minimum Gasteiger partial charge on any atom is -0.452 e. The summed E-state index contributed by atoms with van der Waals surface area (Å²) in [5.74, 6) is -0.964. The Balaban J connectivity index is 1.47. The number of carbonyl (C=O) groups is 3. The molecule has 2 heterocycles. The van der Waals surface area contributed by atoms with Crippen molar-refractivity contribution in [3.63, 3.8) is 0 Å². The van der Waals surface area contributed by atoms with E-state index in [4.69, 9.17) is 9.15 Å². The summed E-state index contributed by atoms with van der Waals surface area (Å²) in [5.41, 5.74) is 0. The van der Waals surface area contributed by atoms with E-state index in [1.165, 1.54) is 13.0 Å². The number of hydrogen-bond acceptors (Lipinski definition) is 6. The topological polar surface area (TPSA) is 115 Å². The summed E-state index contributed by atoms with van der Waals surface area (Å²) in [7, 11) is 0. The Morgan fingerprint density at radius 1 is 1.33 bits per heavy atom. The predicted molar refractivity (Wildman–Crippen MR) is 93.8 cm³/mol. The maximum Gasteiger partial charge on any atom is 0.375 e. The molecule has 3 rings (SSSR count). The van der Waals surface area contributed by atoms with Crippen molar-refractivity contribution >= 4 is 17.9 Å². The van der Waals surface area contributed by atoms with Crippen molar-refractivity contribution in [1.82, 2.24) is 20.4 Å². The molecular weight excluding hydrogens is 352 g/mol. The van der Waals surface area contributed by atoms with E-state index >= 15 is 0 Å².